The number of aromatic nitrogens is 2. The largest absolute Gasteiger partial charge is 0.455 e. The number of amides is 1. The lowest BCUT2D eigenvalue weighted by Crippen LogP contribution is -2.35. The quantitative estimate of drug-likeness (QED) is 0.608. The summed E-state index contributed by atoms with van der Waals surface area (Å²) >= 11 is 0. The maximum absolute atomic E-state index is 12.6. The number of carbonyl (C=O) groups is 2. The minimum atomic E-state index is -0.631. The number of benzene rings is 1. The third-order valence-corrected chi connectivity index (χ3v) is 5.07. The number of aryl methyl sites for hydroxylation is 3. The van der Waals surface area contributed by atoms with Crippen molar-refractivity contribution in [2.24, 2.45) is 5.10 Å². The zero-order chi connectivity index (χ0) is 22.1. The first-order valence-electron chi connectivity index (χ1n) is 9.95. The smallest absolute Gasteiger partial charge is 0.354 e. The number of hydrogen-bond donors (Lipinski definition) is 0. The third-order valence-electron chi connectivity index (χ3n) is 5.07. The first-order valence-corrected chi connectivity index (χ1v) is 9.95. The molecule has 1 aromatic carbocycles. The molecule has 0 fully saturated rings. The van der Waals surface area contributed by atoms with E-state index in [2.05, 4.69) is 10.1 Å². The van der Waals surface area contributed by atoms with Crippen molar-refractivity contribution in [3.8, 4) is 0 Å². The molecule has 0 aliphatic carbocycles. The van der Waals surface area contributed by atoms with Gasteiger partial charge in [-0.3, -0.25) is 14.0 Å². The van der Waals surface area contributed by atoms with E-state index in [0.29, 0.717) is 17.0 Å². The molecule has 158 valence electrons. The van der Waals surface area contributed by atoms with Gasteiger partial charge in [0.05, 0.1) is 11.4 Å². The molecular formula is C23H22N4O4. The van der Waals surface area contributed by atoms with Gasteiger partial charge >= 0.3 is 5.97 Å². The summed E-state index contributed by atoms with van der Waals surface area (Å²) in [4.78, 5) is 41.7. The Balaban J connectivity index is 1.54. The first-order chi connectivity index (χ1) is 14.8. The zero-order valence-electron chi connectivity index (χ0n) is 17.6. The van der Waals surface area contributed by atoms with Crippen LogP contribution in [0.25, 0.3) is 5.65 Å². The average Bonchev–Trinajstić information content (AvgIpc) is 2.75. The minimum Gasteiger partial charge on any atom is -0.455 e. The summed E-state index contributed by atoms with van der Waals surface area (Å²) in [6.45, 7) is 5.54. The van der Waals surface area contributed by atoms with E-state index in [9.17, 15) is 14.4 Å². The van der Waals surface area contributed by atoms with E-state index >= 15 is 0 Å². The first kappa shape index (κ1) is 20.5. The van der Waals surface area contributed by atoms with Crippen molar-refractivity contribution in [1.82, 2.24) is 9.38 Å². The number of carbonyl (C=O) groups excluding carboxylic acids is 2. The number of fused-ring (bicyclic) bond motifs is 1. The van der Waals surface area contributed by atoms with Crippen LogP contribution in [0, 0.1) is 20.8 Å². The second-order valence-electron chi connectivity index (χ2n) is 7.64. The number of ether oxygens (including phenoxy) is 1. The number of anilines is 1. The van der Waals surface area contributed by atoms with Gasteiger partial charge in [0.2, 0.25) is 5.91 Å². The van der Waals surface area contributed by atoms with E-state index in [1.54, 1.807) is 12.3 Å². The predicted molar refractivity (Wildman–Crippen MR) is 116 cm³/mol. The van der Waals surface area contributed by atoms with Crippen LogP contribution in [-0.4, -0.2) is 27.0 Å². The summed E-state index contributed by atoms with van der Waals surface area (Å²) in [7, 11) is 0. The fourth-order valence-electron chi connectivity index (χ4n) is 3.39. The molecule has 0 atom stereocenters. The average molecular weight is 418 g/mol. The van der Waals surface area contributed by atoms with Crippen LogP contribution in [0.3, 0.4) is 0 Å². The summed E-state index contributed by atoms with van der Waals surface area (Å²) < 4.78 is 6.79. The van der Waals surface area contributed by atoms with Crippen LogP contribution >= 0.6 is 0 Å². The van der Waals surface area contributed by atoms with Crippen molar-refractivity contribution < 1.29 is 14.3 Å². The van der Waals surface area contributed by atoms with Crippen molar-refractivity contribution in [3.63, 3.8) is 0 Å². The highest BCUT2D eigenvalue weighted by Crippen LogP contribution is 2.25. The highest BCUT2D eigenvalue weighted by atomic mass is 16.5. The van der Waals surface area contributed by atoms with Crippen molar-refractivity contribution in [1.29, 1.82) is 0 Å². The van der Waals surface area contributed by atoms with E-state index in [1.165, 1.54) is 15.5 Å². The van der Waals surface area contributed by atoms with Gasteiger partial charge in [-0.25, -0.2) is 9.78 Å². The molecule has 0 spiro atoms. The number of esters is 1. The molecule has 1 aliphatic heterocycles. The molecule has 0 N–H and O–H groups in total. The zero-order valence-corrected chi connectivity index (χ0v) is 17.6. The number of nitrogens with zero attached hydrogens (tertiary/aromatic N) is 4. The van der Waals surface area contributed by atoms with Crippen molar-refractivity contribution in [2.75, 3.05) is 5.01 Å². The predicted octanol–water partition coefficient (Wildman–Crippen LogP) is 2.85. The normalized spacial score (nSPS) is 14.0. The molecule has 0 bridgehead atoms. The summed E-state index contributed by atoms with van der Waals surface area (Å²) in [5.41, 5.74) is 4.20. The van der Waals surface area contributed by atoms with E-state index in [-0.39, 0.29) is 36.6 Å². The Morgan fingerprint density at radius 3 is 2.61 bits per heavy atom. The standard InChI is InChI=1S/C23H22N4O4/c1-14-4-6-16(3)19(10-14)27-21(28)9-7-18(25-27)23(30)31-13-17-11-22(29)26-12-15(2)5-8-20(26)24-17/h4-6,8,10-12H,7,9,13H2,1-3H3. The molecule has 3 heterocycles. The second-order valence-corrected chi connectivity index (χ2v) is 7.64. The Morgan fingerprint density at radius 1 is 1.03 bits per heavy atom. The van der Waals surface area contributed by atoms with Gasteiger partial charge in [0.15, 0.2) is 0 Å². The van der Waals surface area contributed by atoms with E-state index in [4.69, 9.17) is 4.74 Å². The maximum Gasteiger partial charge on any atom is 0.354 e. The monoisotopic (exact) mass is 418 g/mol. The minimum absolute atomic E-state index is 0.158. The number of pyridine rings is 1. The molecule has 1 amide bonds. The summed E-state index contributed by atoms with van der Waals surface area (Å²) in [6.07, 6.45) is 2.07. The Bertz CT molecular complexity index is 1290. The Hall–Kier alpha value is -3.81. The van der Waals surface area contributed by atoms with Gasteiger partial charge in [0.25, 0.3) is 5.56 Å². The number of rotatable bonds is 4. The van der Waals surface area contributed by atoms with Crippen LogP contribution in [0.15, 0.2) is 52.5 Å². The fourth-order valence-corrected chi connectivity index (χ4v) is 3.39. The van der Waals surface area contributed by atoms with Gasteiger partial charge in [-0.2, -0.15) is 10.1 Å². The molecule has 0 saturated carbocycles. The highest BCUT2D eigenvalue weighted by molar-refractivity contribution is 6.38. The van der Waals surface area contributed by atoms with Crippen LogP contribution in [0.5, 0.6) is 0 Å². The molecule has 2 aromatic heterocycles. The molecule has 8 heteroatoms. The number of hydrazone groups is 1. The van der Waals surface area contributed by atoms with E-state index in [1.807, 2.05) is 45.0 Å². The van der Waals surface area contributed by atoms with Crippen molar-refractivity contribution in [2.45, 2.75) is 40.2 Å². The molecule has 0 saturated heterocycles. The summed E-state index contributed by atoms with van der Waals surface area (Å²) in [6, 6.07) is 10.7. The van der Waals surface area contributed by atoms with Gasteiger partial charge in [0.1, 0.15) is 18.0 Å². The lowest BCUT2D eigenvalue weighted by Gasteiger charge is -2.24. The second kappa shape index (κ2) is 8.14. The maximum atomic E-state index is 12.6. The van der Waals surface area contributed by atoms with Crippen LogP contribution in [0.2, 0.25) is 0 Å². The van der Waals surface area contributed by atoms with Gasteiger partial charge in [-0.05, 0) is 49.6 Å². The van der Waals surface area contributed by atoms with Gasteiger partial charge in [-0.1, -0.05) is 18.2 Å². The lowest BCUT2D eigenvalue weighted by molar-refractivity contribution is -0.137. The third kappa shape index (κ3) is 4.23. The van der Waals surface area contributed by atoms with Crippen LogP contribution in [0.1, 0.15) is 35.2 Å². The topological polar surface area (TPSA) is 93.3 Å². The Labute approximate surface area is 178 Å². The molecule has 31 heavy (non-hydrogen) atoms. The van der Waals surface area contributed by atoms with E-state index in [0.717, 1.165) is 16.7 Å². The Morgan fingerprint density at radius 2 is 1.81 bits per heavy atom. The van der Waals surface area contributed by atoms with Crippen molar-refractivity contribution in [3.05, 3.63) is 75.3 Å². The molecule has 0 radical (unpaired) electrons. The van der Waals surface area contributed by atoms with Gasteiger partial charge in [-0.15, -0.1) is 0 Å². The van der Waals surface area contributed by atoms with Crippen molar-refractivity contribution >= 4 is 28.9 Å². The van der Waals surface area contributed by atoms with Crippen LogP contribution < -0.4 is 10.6 Å². The van der Waals surface area contributed by atoms with E-state index < -0.39 is 5.97 Å². The highest BCUT2D eigenvalue weighted by Gasteiger charge is 2.27. The number of hydrogen-bond acceptors (Lipinski definition) is 6. The van der Waals surface area contributed by atoms with Crippen LogP contribution in [0.4, 0.5) is 5.69 Å². The molecule has 1 aliphatic rings. The Kier molecular flexibility index (Phi) is 5.37. The van der Waals surface area contributed by atoms with Gasteiger partial charge in [0, 0.05) is 25.1 Å². The molecule has 4 rings (SSSR count). The molecular weight excluding hydrogens is 396 g/mol. The summed E-state index contributed by atoms with van der Waals surface area (Å²) in [5.74, 6) is -0.807. The fraction of sp³-hybridized carbons (Fsp3) is 0.261. The molecule has 3 aromatic rings. The van der Waals surface area contributed by atoms with Gasteiger partial charge < -0.3 is 4.74 Å². The molecule has 8 nitrogen and oxygen atoms in total. The molecule has 0 unspecified atom stereocenters. The van der Waals surface area contributed by atoms with Crippen LogP contribution in [-0.2, 0) is 20.9 Å². The summed E-state index contributed by atoms with van der Waals surface area (Å²) in [5, 5.41) is 5.53. The SMILES string of the molecule is Cc1ccc(C)c(N2N=C(C(=O)OCc3cc(=O)n4cc(C)ccc4n3)CCC2=O)c1. The lowest BCUT2D eigenvalue weighted by atomic mass is 10.1.